The molecule has 1 aromatic heterocycles. The zero-order chi connectivity index (χ0) is 20.5. The lowest BCUT2D eigenvalue weighted by Gasteiger charge is -2.29. The van der Waals surface area contributed by atoms with E-state index in [2.05, 4.69) is 5.32 Å². The Bertz CT molecular complexity index is 1110. The zero-order valence-corrected chi connectivity index (χ0v) is 17.2. The topological polar surface area (TPSA) is 72.2 Å². The second-order valence-corrected chi connectivity index (χ2v) is 8.09. The molecule has 1 atom stereocenters. The van der Waals surface area contributed by atoms with E-state index in [4.69, 9.17) is 5.73 Å². The van der Waals surface area contributed by atoms with Gasteiger partial charge >= 0.3 is 0 Å². The van der Waals surface area contributed by atoms with Gasteiger partial charge in [-0.1, -0.05) is 67.6 Å². The maximum atomic E-state index is 13.1. The van der Waals surface area contributed by atoms with Crippen LogP contribution in [0, 0.1) is 0 Å². The molecule has 3 N–H and O–H groups in total. The number of benzene rings is 2. The fourth-order valence-corrected chi connectivity index (χ4v) is 5.04. The van der Waals surface area contributed by atoms with E-state index in [9.17, 15) is 9.59 Å². The lowest BCUT2D eigenvalue weighted by Crippen LogP contribution is -2.22. The summed E-state index contributed by atoms with van der Waals surface area (Å²) in [6, 6.07) is 19.0. The Morgan fingerprint density at radius 3 is 2.28 bits per heavy atom. The van der Waals surface area contributed by atoms with Gasteiger partial charge in [0.05, 0.1) is 10.7 Å². The van der Waals surface area contributed by atoms with Crippen molar-refractivity contribution in [1.82, 2.24) is 0 Å². The Hall–Kier alpha value is -3.18. The summed E-state index contributed by atoms with van der Waals surface area (Å²) in [6.07, 6.45) is 0.410. The van der Waals surface area contributed by atoms with Gasteiger partial charge in [0, 0.05) is 34.7 Å². The van der Waals surface area contributed by atoms with E-state index >= 15 is 0 Å². The van der Waals surface area contributed by atoms with Crippen molar-refractivity contribution in [2.24, 2.45) is 0 Å². The van der Waals surface area contributed by atoms with Crippen molar-refractivity contribution in [2.45, 2.75) is 26.2 Å². The Morgan fingerprint density at radius 1 is 1.03 bits per heavy atom. The highest BCUT2D eigenvalue weighted by molar-refractivity contribution is 7.19. The minimum Gasteiger partial charge on any atom is -0.397 e. The zero-order valence-electron chi connectivity index (χ0n) is 16.4. The normalized spacial score (nSPS) is 15.6. The number of ketones is 2. The molecule has 3 aromatic rings. The molecule has 0 saturated heterocycles. The number of hydrogen-bond acceptors (Lipinski definition) is 5. The first-order valence-electron chi connectivity index (χ1n) is 9.60. The summed E-state index contributed by atoms with van der Waals surface area (Å²) in [6.45, 7) is 3.78. The first kappa shape index (κ1) is 19.2. The number of nitrogens with two attached hydrogens (primary N) is 1. The highest BCUT2D eigenvalue weighted by Gasteiger charge is 2.36. The SMILES string of the molecule is CCC(=O)C1=C(C)Nc2sc(C(=O)c3ccccc3)c(N)c2C1c1ccccc1. The van der Waals surface area contributed by atoms with Gasteiger partial charge in [0.2, 0.25) is 5.78 Å². The Labute approximate surface area is 174 Å². The molecule has 5 heteroatoms. The first-order valence-corrected chi connectivity index (χ1v) is 10.4. The largest absolute Gasteiger partial charge is 0.397 e. The number of allylic oxidation sites excluding steroid dienone is 2. The van der Waals surface area contributed by atoms with E-state index in [-0.39, 0.29) is 17.5 Å². The summed E-state index contributed by atoms with van der Waals surface area (Å²) in [5.74, 6) is -0.304. The Balaban J connectivity index is 1.90. The quantitative estimate of drug-likeness (QED) is 0.563. The second kappa shape index (κ2) is 7.68. The molecule has 1 aliphatic heterocycles. The molecule has 0 spiro atoms. The number of fused-ring (bicyclic) bond motifs is 1. The number of hydrogen-bond donors (Lipinski definition) is 2. The van der Waals surface area contributed by atoms with Crippen LogP contribution in [-0.2, 0) is 4.79 Å². The van der Waals surface area contributed by atoms with Crippen molar-refractivity contribution >= 4 is 33.6 Å². The molecule has 0 fully saturated rings. The van der Waals surface area contributed by atoms with Crippen molar-refractivity contribution in [3.05, 3.63) is 93.5 Å². The van der Waals surface area contributed by atoms with E-state index < -0.39 is 0 Å². The van der Waals surface area contributed by atoms with Gasteiger partial charge in [-0.25, -0.2) is 0 Å². The predicted octanol–water partition coefficient (Wildman–Crippen LogP) is 5.37. The van der Waals surface area contributed by atoms with Crippen LogP contribution in [0.2, 0.25) is 0 Å². The highest BCUT2D eigenvalue weighted by atomic mass is 32.1. The average Bonchev–Trinajstić information content (AvgIpc) is 3.08. The summed E-state index contributed by atoms with van der Waals surface area (Å²) >= 11 is 1.36. The van der Waals surface area contributed by atoms with Gasteiger partial charge in [0.15, 0.2) is 5.78 Å². The molecule has 0 radical (unpaired) electrons. The molecule has 2 heterocycles. The van der Waals surface area contributed by atoms with E-state index in [1.807, 2.05) is 62.4 Å². The van der Waals surface area contributed by atoms with Gasteiger partial charge in [-0.15, -0.1) is 11.3 Å². The van der Waals surface area contributed by atoms with E-state index in [0.29, 0.717) is 22.5 Å². The van der Waals surface area contributed by atoms with Crippen LogP contribution in [0.5, 0.6) is 0 Å². The van der Waals surface area contributed by atoms with Crippen LogP contribution < -0.4 is 11.1 Å². The lowest BCUT2D eigenvalue weighted by molar-refractivity contribution is -0.115. The van der Waals surface area contributed by atoms with Gasteiger partial charge in [0.25, 0.3) is 0 Å². The number of Topliss-reactive ketones (excluding diaryl/α,β-unsaturated/α-hetero) is 1. The number of carbonyl (C=O) groups excluding carboxylic acids is 2. The Morgan fingerprint density at radius 2 is 1.66 bits per heavy atom. The number of rotatable bonds is 5. The number of nitrogen functional groups attached to an aromatic ring is 1. The Kier molecular flexibility index (Phi) is 5.07. The molecular weight excluding hydrogens is 380 g/mol. The predicted molar refractivity (Wildman–Crippen MR) is 119 cm³/mol. The molecule has 146 valence electrons. The van der Waals surface area contributed by atoms with Crippen LogP contribution in [0.25, 0.3) is 0 Å². The molecule has 0 aliphatic carbocycles. The van der Waals surface area contributed by atoms with Crippen molar-refractivity contribution < 1.29 is 9.59 Å². The number of carbonyl (C=O) groups is 2. The molecule has 0 amide bonds. The third-order valence-corrected chi connectivity index (χ3v) is 6.40. The summed E-state index contributed by atoms with van der Waals surface area (Å²) in [5, 5.41) is 4.17. The molecular formula is C24H22N2O2S. The summed E-state index contributed by atoms with van der Waals surface area (Å²) < 4.78 is 0. The third kappa shape index (κ3) is 3.28. The van der Waals surface area contributed by atoms with E-state index in [1.54, 1.807) is 12.1 Å². The number of nitrogens with one attached hydrogen (secondary N) is 1. The van der Waals surface area contributed by atoms with E-state index in [1.165, 1.54) is 11.3 Å². The molecule has 1 aliphatic rings. The van der Waals surface area contributed by atoms with Crippen LogP contribution in [0.3, 0.4) is 0 Å². The molecule has 0 saturated carbocycles. The minimum absolute atomic E-state index is 0.0797. The molecule has 2 aromatic carbocycles. The van der Waals surface area contributed by atoms with Gasteiger partial charge < -0.3 is 11.1 Å². The maximum absolute atomic E-state index is 13.1. The summed E-state index contributed by atoms with van der Waals surface area (Å²) in [7, 11) is 0. The summed E-state index contributed by atoms with van der Waals surface area (Å²) in [5.41, 5.74) is 11.0. The van der Waals surface area contributed by atoms with Gasteiger partial charge in [0.1, 0.15) is 4.88 Å². The van der Waals surface area contributed by atoms with Crippen LogP contribution >= 0.6 is 11.3 Å². The smallest absolute Gasteiger partial charge is 0.205 e. The fraction of sp³-hybridized carbons (Fsp3) is 0.167. The maximum Gasteiger partial charge on any atom is 0.205 e. The monoisotopic (exact) mass is 402 g/mol. The lowest BCUT2D eigenvalue weighted by atomic mass is 9.79. The van der Waals surface area contributed by atoms with Crippen molar-refractivity contribution in [1.29, 1.82) is 0 Å². The van der Waals surface area contributed by atoms with Crippen molar-refractivity contribution in [3.8, 4) is 0 Å². The minimum atomic E-state index is -0.284. The molecule has 4 rings (SSSR count). The van der Waals surface area contributed by atoms with Crippen LogP contribution in [-0.4, -0.2) is 11.6 Å². The van der Waals surface area contributed by atoms with Gasteiger partial charge in [-0.3, -0.25) is 9.59 Å². The van der Waals surface area contributed by atoms with Crippen LogP contribution in [0.15, 0.2) is 71.9 Å². The standard InChI is InChI=1S/C24H22N2O2S/c1-3-17(27)18-14(2)26-24-20(19(18)15-10-6-4-7-11-15)21(25)23(29-24)22(28)16-12-8-5-9-13-16/h4-13,19,26H,3,25H2,1-2H3. The summed E-state index contributed by atoms with van der Waals surface area (Å²) in [4.78, 5) is 26.5. The molecule has 29 heavy (non-hydrogen) atoms. The molecule has 0 bridgehead atoms. The average molecular weight is 403 g/mol. The second-order valence-electron chi connectivity index (χ2n) is 7.07. The van der Waals surface area contributed by atoms with Crippen LogP contribution in [0.1, 0.15) is 52.5 Å². The van der Waals surface area contributed by atoms with E-state index in [0.717, 1.165) is 27.4 Å². The van der Waals surface area contributed by atoms with Crippen molar-refractivity contribution in [3.63, 3.8) is 0 Å². The fourth-order valence-electron chi connectivity index (χ4n) is 3.86. The number of anilines is 2. The first-order chi connectivity index (χ1) is 14.0. The highest BCUT2D eigenvalue weighted by Crippen LogP contribution is 2.50. The van der Waals surface area contributed by atoms with Crippen LogP contribution in [0.4, 0.5) is 10.7 Å². The van der Waals surface area contributed by atoms with Gasteiger partial charge in [-0.2, -0.15) is 0 Å². The van der Waals surface area contributed by atoms with Crippen molar-refractivity contribution in [2.75, 3.05) is 11.1 Å². The van der Waals surface area contributed by atoms with Gasteiger partial charge in [-0.05, 0) is 12.5 Å². The third-order valence-electron chi connectivity index (χ3n) is 5.26. The number of thiophene rings is 1. The molecule has 1 unspecified atom stereocenters. The molecule has 4 nitrogen and oxygen atoms in total.